The van der Waals surface area contributed by atoms with Gasteiger partial charge in [0.2, 0.25) is 5.91 Å². The van der Waals surface area contributed by atoms with Crippen molar-refractivity contribution >= 4 is 0 Å². The fourth-order valence-corrected chi connectivity index (χ4v) is 0.746. The molecule has 0 fully saturated rings. The van der Waals surface area contributed by atoms with Crippen LogP contribution in [0.4, 0.5) is 0 Å². The molecule has 0 unspecified atom stereocenters. The van der Waals surface area contributed by atoms with Gasteiger partial charge < -0.3 is 9.47 Å². The van der Waals surface area contributed by atoms with Crippen molar-refractivity contribution in [2.24, 2.45) is 5.73 Å². The summed E-state index contributed by atoms with van der Waals surface area (Å²) in [7, 11) is 2.98. The Kier molecular flexibility index (Phi) is 3.03. The van der Waals surface area contributed by atoms with Gasteiger partial charge in [-0.1, -0.05) is 24.3 Å². The lowest BCUT2D eigenvalue weighted by molar-refractivity contribution is -0.188. The van der Waals surface area contributed by atoms with Gasteiger partial charge in [0, 0.05) is 21.1 Å². The maximum absolute atomic E-state index is 5.27. The summed E-state index contributed by atoms with van der Waals surface area (Å²) in [5, 5.41) is 0. The van der Waals surface area contributed by atoms with E-state index in [0.29, 0.717) is 0 Å². The summed E-state index contributed by atoms with van der Waals surface area (Å²) in [4.78, 5) is 0. The first-order valence-electron chi connectivity index (χ1n) is 4.08. The van der Waals surface area contributed by atoms with Gasteiger partial charge in [0.1, 0.15) is 0 Å². The first kappa shape index (κ1) is 10.2. The molecule has 2 N–H and O–H groups in total. The molecule has 0 radical (unpaired) electrons. The Labute approximate surface area is 78.5 Å². The van der Waals surface area contributed by atoms with Gasteiger partial charge in [0.25, 0.3) is 0 Å². The molecule has 0 bridgehead atoms. The quantitative estimate of drug-likeness (QED) is 0.715. The second kappa shape index (κ2) is 3.87. The van der Waals surface area contributed by atoms with Crippen LogP contribution in [0.25, 0.3) is 11.1 Å². The summed E-state index contributed by atoms with van der Waals surface area (Å²) in [6.45, 7) is 1.63. The van der Waals surface area contributed by atoms with Crippen molar-refractivity contribution in [3.8, 4) is 11.1 Å². The topological polar surface area (TPSA) is 44.5 Å². The minimum Gasteiger partial charge on any atom is -0.341 e. The van der Waals surface area contributed by atoms with Gasteiger partial charge in [-0.25, -0.2) is 0 Å². The van der Waals surface area contributed by atoms with Crippen molar-refractivity contribution < 1.29 is 9.47 Å². The summed E-state index contributed by atoms with van der Waals surface area (Å²) >= 11 is 0. The second-order valence-corrected chi connectivity index (χ2v) is 3.00. The summed E-state index contributed by atoms with van der Waals surface area (Å²) in [6, 6.07) is 8.48. The van der Waals surface area contributed by atoms with E-state index in [1.807, 2.05) is 0 Å². The van der Waals surface area contributed by atoms with Crippen LogP contribution < -0.4 is 5.73 Å². The SMILES string of the molecule is COC(C)(N)OC.c1cc2ccc1-2. The minimum atomic E-state index is -0.917. The minimum absolute atomic E-state index is 0.917. The zero-order valence-electron chi connectivity index (χ0n) is 8.20. The third-order valence-electron chi connectivity index (χ3n) is 2.03. The number of rotatable bonds is 2. The zero-order chi connectivity index (χ0) is 9.90. The van der Waals surface area contributed by atoms with Crippen molar-refractivity contribution in [2.45, 2.75) is 12.8 Å². The number of ether oxygens (including phenoxy) is 2. The van der Waals surface area contributed by atoms with E-state index in [9.17, 15) is 0 Å². The molecule has 0 aromatic rings. The van der Waals surface area contributed by atoms with Gasteiger partial charge >= 0.3 is 0 Å². The number of fused-ring (bicyclic) bond motifs is 1. The number of nitrogens with two attached hydrogens (primary N) is 1. The molecule has 0 atom stereocenters. The van der Waals surface area contributed by atoms with Crippen LogP contribution in [0.2, 0.25) is 0 Å². The average Bonchev–Trinajstić information content (AvgIpc) is 2.12. The fourth-order valence-electron chi connectivity index (χ4n) is 0.746. The summed E-state index contributed by atoms with van der Waals surface area (Å²) < 4.78 is 9.28. The highest BCUT2D eigenvalue weighted by atomic mass is 16.7. The van der Waals surface area contributed by atoms with Gasteiger partial charge in [-0.05, 0) is 11.1 Å². The molecular weight excluding hydrogens is 166 g/mol. The van der Waals surface area contributed by atoms with Crippen LogP contribution in [0, 0.1) is 0 Å². The van der Waals surface area contributed by atoms with Crippen LogP contribution in [0.5, 0.6) is 0 Å². The predicted molar refractivity (Wildman–Crippen MR) is 52.0 cm³/mol. The van der Waals surface area contributed by atoms with Gasteiger partial charge in [-0.3, -0.25) is 5.73 Å². The Morgan fingerprint density at radius 2 is 1.31 bits per heavy atom. The molecule has 0 spiro atoms. The Hall–Kier alpha value is -0.900. The number of hydrogen-bond acceptors (Lipinski definition) is 3. The normalized spacial score (nSPS) is 11.7. The zero-order valence-corrected chi connectivity index (χ0v) is 8.20. The van der Waals surface area contributed by atoms with E-state index >= 15 is 0 Å². The molecule has 2 rings (SSSR count). The van der Waals surface area contributed by atoms with Crippen molar-refractivity contribution in [3.05, 3.63) is 24.3 Å². The smallest absolute Gasteiger partial charge is 0.221 e. The molecule has 0 aliphatic heterocycles. The first-order valence-corrected chi connectivity index (χ1v) is 4.08. The molecule has 13 heavy (non-hydrogen) atoms. The molecule has 2 aliphatic rings. The lowest BCUT2D eigenvalue weighted by atomic mass is 9.95. The number of hydrogen-bond donors (Lipinski definition) is 1. The van der Waals surface area contributed by atoms with Gasteiger partial charge in [-0.2, -0.15) is 0 Å². The summed E-state index contributed by atoms with van der Waals surface area (Å²) in [5.74, 6) is -0.917. The third-order valence-corrected chi connectivity index (χ3v) is 2.03. The fraction of sp³-hybridized carbons (Fsp3) is 0.400. The van der Waals surface area contributed by atoms with Crippen LogP contribution in [0.15, 0.2) is 24.3 Å². The summed E-state index contributed by atoms with van der Waals surface area (Å²) in [6.07, 6.45) is 0. The molecule has 72 valence electrons. The highest BCUT2D eigenvalue weighted by Crippen LogP contribution is 2.29. The number of methoxy groups -OCH3 is 2. The van der Waals surface area contributed by atoms with Crippen LogP contribution in [-0.4, -0.2) is 20.1 Å². The molecule has 2 aliphatic carbocycles. The van der Waals surface area contributed by atoms with Crippen LogP contribution in [-0.2, 0) is 9.47 Å². The van der Waals surface area contributed by atoms with Gasteiger partial charge in [-0.15, -0.1) is 0 Å². The van der Waals surface area contributed by atoms with E-state index in [4.69, 9.17) is 5.73 Å². The molecule has 3 heteroatoms. The van der Waals surface area contributed by atoms with Crippen molar-refractivity contribution in [1.82, 2.24) is 0 Å². The van der Waals surface area contributed by atoms with E-state index in [1.165, 1.54) is 25.3 Å². The second-order valence-electron chi connectivity index (χ2n) is 3.00. The maximum atomic E-state index is 5.27. The Bertz CT molecular complexity index is 240. The Morgan fingerprint density at radius 1 is 1.00 bits per heavy atom. The van der Waals surface area contributed by atoms with Crippen molar-refractivity contribution in [1.29, 1.82) is 0 Å². The van der Waals surface area contributed by atoms with Crippen LogP contribution in [0.3, 0.4) is 0 Å². The summed E-state index contributed by atoms with van der Waals surface area (Å²) in [5.41, 5.74) is 8.12. The van der Waals surface area contributed by atoms with E-state index in [1.54, 1.807) is 6.92 Å². The Balaban J connectivity index is 0.000000130. The highest BCUT2D eigenvalue weighted by Gasteiger charge is 2.12. The molecule has 0 amide bonds. The molecule has 0 aromatic carbocycles. The monoisotopic (exact) mass is 181 g/mol. The largest absolute Gasteiger partial charge is 0.341 e. The van der Waals surface area contributed by atoms with Crippen molar-refractivity contribution in [2.75, 3.05) is 14.2 Å². The molecule has 0 saturated carbocycles. The molecule has 0 saturated heterocycles. The standard InChI is InChI=1S/C6H4.C4H11NO2/c1-2-6-4-3-5(1)6;1-4(5,6-2)7-3/h1-4H;5H2,1-3H3. The molecule has 0 heterocycles. The Morgan fingerprint density at radius 3 is 1.31 bits per heavy atom. The molecular formula is C10H15NO2. The van der Waals surface area contributed by atoms with E-state index < -0.39 is 5.91 Å². The maximum Gasteiger partial charge on any atom is 0.221 e. The van der Waals surface area contributed by atoms with Crippen molar-refractivity contribution in [3.63, 3.8) is 0 Å². The lowest BCUT2D eigenvalue weighted by Crippen LogP contribution is -2.39. The molecule has 0 aromatic heterocycles. The highest BCUT2D eigenvalue weighted by molar-refractivity contribution is 5.75. The predicted octanol–water partition coefficient (Wildman–Crippen LogP) is 1.58. The van der Waals surface area contributed by atoms with Crippen LogP contribution >= 0.6 is 0 Å². The van der Waals surface area contributed by atoms with E-state index in [-0.39, 0.29) is 0 Å². The number of benzene rings is 1. The van der Waals surface area contributed by atoms with E-state index in [2.05, 4.69) is 33.7 Å². The lowest BCUT2D eigenvalue weighted by Gasteiger charge is -2.19. The third kappa shape index (κ3) is 2.52. The van der Waals surface area contributed by atoms with Gasteiger partial charge in [0.05, 0.1) is 0 Å². The average molecular weight is 181 g/mol. The molecule has 3 nitrogen and oxygen atoms in total. The first-order chi connectivity index (χ1) is 6.09. The van der Waals surface area contributed by atoms with Crippen LogP contribution in [0.1, 0.15) is 6.92 Å². The van der Waals surface area contributed by atoms with Gasteiger partial charge in [0.15, 0.2) is 0 Å². The van der Waals surface area contributed by atoms with E-state index in [0.717, 1.165) is 0 Å².